The van der Waals surface area contributed by atoms with Gasteiger partial charge in [-0.05, 0) is 18.6 Å². The van der Waals surface area contributed by atoms with Crippen molar-refractivity contribution >= 4 is 23.4 Å². The van der Waals surface area contributed by atoms with Gasteiger partial charge in [0.25, 0.3) is 0 Å². The van der Waals surface area contributed by atoms with Crippen LogP contribution in [0, 0.1) is 6.92 Å². The standard InChI is InChI=1S/C13H16ClF3N4/c1-9-4-12(14)21-7-11(9)10(5-18)6-19-2-3-20-8-13(15,16)17/h4-7,20H,2-3,8,18H2,1H3/b10-5+,19-6?. The van der Waals surface area contributed by atoms with Gasteiger partial charge in [-0.25, -0.2) is 4.98 Å². The summed E-state index contributed by atoms with van der Waals surface area (Å²) in [4.78, 5) is 8.00. The van der Waals surface area contributed by atoms with Crippen molar-refractivity contribution in [3.8, 4) is 0 Å². The fourth-order valence-corrected chi connectivity index (χ4v) is 1.78. The van der Waals surface area contributed by atoms with Crippen LogP contribution in [0.15, 0.2) is 23.5 Å². The summed E-state index contributed by atoms with van der Waals surface area (Å²) in [5.41, 5.74) is 7.82. The minimum Gasteiger partial charge on any atom is -0.404 e. The van der Waals surface area contributed by atoms with Crippen molar-refractivity contribution in [2.45, 2.75) is 13.1 Å². The first-order valence-electron chi connectivity index (χ1n) is 6.15. The van der Waals surface area contributed by atoms with E-state index < -0.39 is 12.7 Å². The Labute approximate surface area is 125 Å². The van der Waals surface area contributed by atoms with E-state index in [0.717, 1.165) is 11.1 Å². The Morgan fingerprint density at radius 3 is 2.81 bits per heavy atom. The van der Waals surface area contributed by atoms with E-state index in [-0.39, 0.29) is 13.1 Å². The molecule has 1 heterocycles. The van der Waals surface area contributed by atoms with Gasteiger partial charge >= 0.3 is 6.18 Å². The second-order valence-corrected chi connectivity index (χ2v) is 4.66. The van der Waals surface area contributed by atoms with Crippen molar-refractivity contribution < 1.29 is 13.2 Å². The van der Waals surface area contributed by atoms with Crippen LogP contribution in [-0.4, -0.2) is 37.0 Å². The maximum atomic E-state index is 11.9. The summed E-state index contributed by atoms with van der Waals surface area (Å²) in [7, 11) is 0. The number of aryl methyl sites for hydroxylation is 1. The zero-order valence-corrected chi connectivity index (χ0v) is 12.2. The quantitative estimate of drug-likeness (QED) is 0.481. The molecule has 0 aliphatic rings. The Hall–Kier alpha value is -1.60. The molecule has 0 saturated carbocycles. The van der Waals surface area contributed by atoms with E-state index in [9.17, 15) is 13.2 Å². The van der Waals surface area contributed by atoms with E-state index in [4.69, 9.17) is 17.3 Å². The fourth-order valence-electron chi connectivity index (χ4n) is 1.56. The topological polar surface area (TPSA) is 63.3 Å². The molecule has 8 heteroatoms. The third-order valence-corrected chi connectivity index (χ3v) is 2.75. The number of halogens is 4. The van der Waals surface area contributed by atoms with Crippen LogP contribution >= 0.6 is 11.6 Å². The molecule has 0 radical (unpaired) electrons. The molecule has 0 aliphatic carbocycles. The number of rotatable bonds is 6. The molecule has 116 valence electrons. The summed E-state index contributed by atoms with van der Waals surface area (Å²) in [5, 5.41) is 2.63. The zero-order valence-electron chi connectivity index (χ0n) is 11.4. The number of hydrogen-bond acceptors (Lipinski definition) is 4. The Balaban J connectivity index is 2.53. The first-order valence-corrected chi connectivity index (χ1v) is 6.53. The number of hydrogen-bond donors (Lipinski definition) is 2. The highest BCUT2D eigenvalue weighted by atomic mass is 35.5. The van der Waals surface area contributed by atoms with Crippen LogP contribution < -0.4 is 11.1 Å². The largest absolute Gasteiger partial charge is 0.404 e. The van der Waals surface area contributed by atoms with Crippen LogP contribution in [0.3, 0.4) is 0 Å². The molecule has 0 saturated heterocycles. The third kappa shape index (κ3) is 6.59. The molecular weight excluding hydrogens is 305 g/mol. The molecule has 1 aromatic rings. The van der Waals surface area contributed by atoms with Gasteiger partial charge in [0.2, 0.25) is 0 Å². The highest BCUT2D eigenvalue weighted by molar-refractivity contribution is 6.29. The number of nitrogens with zero attached hydrogens (tertiary/aromatic N) is 2. The number of pyridine rings is 1. The molecule has 1 aromatic heterocycles. The van der Waals surface area contributed by atoms with Gasteiger partial charge < -0.3 is 11.1 Å². The SMILES string of the molecule is Cc1cc(Cl)ncc1/C(C=NCCNCC(F)(F)F)=C/N. The number of allylic oxidation sites excluding steroid dienone is 1. The Kier molecular flexibility index (Phi) is 6.64. The van der Waals surface area contributed by atoms with E-state index in [2.05, 4.69) is 15.3 Å². The monoisotopic (exact) mass is 320 g/mol. The normalized spacial score (nSPS) is 13.1. The summed E-state index contributed by atoms with van der Waals surface area (Å²) in [6.07, 6.45) is 0.236. The number of nitrogens with two attached hydrogens (primary N) is 1. The van der Waals surface area contributed by atoms with Crippen LogP contribution in [0.25, 0.3) is 5.57 Å². The second-order valence-electron chi connectivity index (χ2n) is 4.27. The van der Waals surface area contributed by atoms with E-state index in [0.29, 0.717) is 10.7 Å². The van der Waals surface area contributed by atoms with Crippen molar-refractivity contribution in [3.05, 3.63) is 34.7 Å². The van der Waals surface area contributed by atoms with Gasteiger partial charge in [-0.2, -0.15) is 13.2 Å². The first-order chi connectivity index (χ1) is 9.83. The number of aromatic nitrogens is 1. The molecule has 0 atom stereocenters. The van der Waals surface area contributed by atoms with Crippen molar-refractivity contribution in [1.29, 1.82) is 0 Å². The summed E-state index contributed by atoms with van der Waals surface area (Å²) in [6, 6.07) is 1.69. The smallest absolute Gasteiger partial charge is 0.401 e. The minimum atomic E-state index is -4.21. The maximum absolute atomic E-state index is 11.9. The third-order valence-electron chi connectivity index (χ3n) is 2.54. The van der Waals surface area contributed by atoms with Crippen LogP contribution in [-0.2, 0) is 0 Å². The van der Waals surface area contributed by atoms with E-state index in [1.807, 2.05) is 6.92 Å². The van der Waals surface area contributed by atoms with Crippen LogP contribution in [0.4, 0.5) is 13.2 Å². The highest BCUT2D eigenvalue weighted by Gasteiger charge is 2.25. The fraction of sp³-hybridized carbons (Fsp3) is 0.385. The lowest BCUT2D eigenvalue weighted by Gasteiger charge is -2.07. The lowest BCUT2D eigenvalue weighted by atomic mass is 10.1. The molecule has 0 aromatic carbocycles. The molecule has 21 heavy (non-hydrogen) atoms. The van der Waals surface area contributed by atoms with Crippen LogP contribution in [0.2, 0.25) is 5.15 Å². The van der Waals surface area contributed by atoms with Gasteiger partial charge in [0.1, 0.15) is 5.15 Å². The molecule has 3 N–H and O–H groups in total. The molecule has 0 spiro atoms. The molecule has 0 unspecified atom stereocenters. The molecular formula is C13H16ClF3N4. The average Bonchev–Trinajstić information content (AvgIpc) is 2.38. The second kappa shape index (κ2) is 7.99. The Bertz CT molecular complexity index is 527. The van der Waals surface area contributed by atoms with Gasteiger partial charge in [0.15, 0.2) is 0 Å². The summed E-state index contributed by atoms with van der Waals surface area (Å²) < 4.78 is 35.7. The van der Waals surface area contributed by atoms with E-state index in [1.54, 1.807) is 12.3 Å². The zero-order chi connectivity index (χ0) is 15.9. The summed E-state index contributed by atoms with van der Waals surface area (Å²) in [6.45, 7) is 1.17. The molecule has 0 fully saturated rings. The average molecular weight is 321 g/mol. The minimum absolute atomic E-state index is 0.131. The molecule has 1 rings (SSSR count). The molecule has 4 nitrogen and oxygen atoms in total. The van der Waals surface area contributed by atoms with Crippen LogP contribution in [0.5, 0.6) is 0 Å². The number of nitrogens with one attached hydrogen (secondary N) is 1. The summed E-state index contributed by atoms with van der Waals surface area (Å²) >= 11 is 5.77. The maximum Gasteiger partial charge on any atom is 0.401 e. The van der Waals surface area contributed by atoms with Crippen molar-refractivity contribution in [2.75, 3.05) is 19.6 Å². The van der Waals surface area contributed by atoms with Gasteiger partial charge in [-0.1, -0.05) is 11.6 Å². The van der Waals surface area contributed by atoms with E-state index >= 15 is 0 Å². The van der Waals surface area contributed by atoms with Gasteiger partial charge in [0.05, 0.1) is 13.1 Å². The predicted octanol–water partition coefficient (Wildman–Crippen LogP) is 2.57. The van der Waals surface area contributed by atoms with Crippen LogP contribution in [0.1, 0.15) is 11.1 Å². The van der Waals surface area contributed by atoms with Gasteiger partial charge in [0, 0.05) is 36.3 Å². The first kappa shape index (κ1) is 17.5. The van der Waals surface area contributed by atoms with Crippen molar-refractivity contribution in [1.82, 2.24) is 10.3 Å². The molecule has 0 amide bonds. The summed E-state index contributed by atoms with van der Waals surface area (Å²) in [5.74, 6) is 0. The van der Waals surface area contributed by atoms with E-state index in [1.165, 1.54) is 12.4 Å². The Morgan fingerprint density at radius 2 is 2.24 bits per heavy atom. The molecule has 0 bridgehead atoms. The predicted molar refractivity (Wildman–Crippen MR) is 78.4 cm³/mol. The highest BCUT2D eigenvalue weighted by Crippen LogP contribution is 2.18. The number of aliphatic imine (C=N–C) groups is 1. The van der Waals surface area contributed by atoms with Gasteiger partial charge in [-0.3, -0.25) is 4.99 Å². The van der Waals surface area contributed by atoms with Crippen molar-refractivity contribution in [3.63, 3.8) is 0 Å². The van der Waals surface area contributed by atoms with Crippen molar-refractivity contribution in [2.24, 2.45) is 10.7 Å². The lowest BCUT2D eigenvalue weighted by molar-refractivity contribution is -0.124. The Morgan fingerprint density at radius 1 is 1.52 bits per heavy atom. The van der Waals surface area contributed by atoms with Gasteiger partial charge in [-0.15, -0.1) is 0 Å². The number of alkyl halides is 3. The molecule has 0 aliphatic heterocycles. The lowest BCUT2D eigenvalue weighted by Crippen LogP contribution is -2.30.